The maximum atomic E-state index is 13.4. The molecule has 0 bridgehead atoms. The number of fused-ring (bicyclic) bond motifs is 1. The third-order valence-electron chi connectivity index (χ3n) is 7.17. The van der Waals surface area contributed by atoms with E-state index < -0.39 is 5.41 Å². The Kier molecular flexibility index (Phi) is 5.81. The number of likely N-dealkylation sites (tertiary alicyclic amines) is 1. The highest BCUT2D eigenvalue weighted by Gasteiger charge is 2.51. The summed E-state index contributed by atoms with van der Waals surface area (Å²) >= 11 is 0. The molecule has 7 heteroatoms. The number of piperidine rings is 1. The molecule has 1 aromatic heterocycles. The standard InChI is InChI=1S/C26H27FN4O2/c27-21-7-5-18(6-8-21)22-17-30-25(33)26(22)9-12-31(13-10-26)14-11-28-24(32)20-15-19-3-1-2-4-23(19)29-16-20/h1-8,15-16,22H,9-14,17H2,(H,28,32)(H,30,33)/t22-/m0/s1. The maximum Gasteiger partial charge on any atom is 0.252 e. The molecule has 2 aliphatic heterocycles. The quantitative estimate of drug-likeness (QED) is 0.632. The van der Waals surface area contributed by atoms with Crippen molar-refractivity contribution in [2.24, 2.45) is 5.41 Å². The number of nitrogens with zero attached hydrogens (tertiary/aromatic N) is 2. The molecule has 3 aromatic rings. The predicted molar refractivity (Wildman–Crippen MR) is 124 cm³/mol. The summed E-state index contributed by atoms with van der Waals surface area (Å²) in [6.45, 7) is 3.44. The molecule has 0 saturated carbocycles. The van der Waals surface area contributed by atoms with E-state index >= 15 is 0 Å². The van der Waals surface area contributed by atoms with Crippen molar-refractivity contribution >= 4 is 22.7 Å². The normalized spacial score (nSPS) is 20.2. The highest BCUT2D eigenvalue weighted by atomic mass is 19.1. The average molecular weight is 447 g/mol. The van der Waals surface area contributed by atoms with E-state index in [1.807, 2.05) is 30.3 Å². The largest absolute Gasteiger partial charge is 0.355 e. The minimum absolute atomic E-state index is 0.0628. The van der Waals surface area contributed by atoms with Crippen LogP contribution in [0, 0.1) is 11.2 Å². The van der Waals surface area contributed by atoms with E-state index in [2.05, 4.69) is 20.5 Å². The van der Waals surface area contributed by atoms with Gasteiger partial charge in [0.2, 0.25) is 5.91 Å². The minimum Gasteiger partial charge on any atom is -0.355 e. The predicted octanol–water partition coefficient (Wildman–Crippen LogP) is 3.10. The van der Waals surface area contributed by atoms with E-state index in [0.717, 1.165) is 48.9 Å². The molecule has 1 spiro atoms. The second-order valence-corrected chi connectivity index (χ2v) is 8.98. The van der Waals surface area contributed by atoms with E-state index in [-0.39, 0.29) is 23.5 Å². The summed E-state index contributed by atoms with van der Waals surface area (Å²) in [5.74, 6) is -0.226. The molecule has 6 nitrogen and oxygen atoms in total. The average Bonchev–Trinajstić information content (AvgIpc) is 3.16. The van der Waals surface area contributed by atoms with E-state index in [1.165, 1.54) is 12.1 Å². The molecule has 5 rings (SSSR count). The lowest BCUT2D eigenvalue weighted by Crippen LogP contribution is -2.47. The van der Waals surface area contributed by atoms with Crippen LogP contribution in [0.5, 0.6) is 0 Å². The van der Waals surface area contributed by atoms with E-state index in [0.29, 0.717) is 18.7 Å². The number of benzene rings is 2. The maximum absolute atomic E-state index is 13.4. The number of rotatable bonds is 5. The van der Waals surface area contributed by atoms with Crippen LogP contribution in [0.1, 0.15) is 34.7 Å². The van der Waals surface area contributed by atoms with Gasteiger partial charge < -0.3 is 15.5 Å². The smallest absolute Gasteiger partial charge is 0.252 e. The van der Waals surface area contributed by atoms with Crippen molar-refractivity contribution in [3.05, 3.63) is 77.7 Å². The Hall–Kier alpha value is -3.32. The molecule has 3 heterocycles. The van der Waals surface area contributed by atoms with Crippen molar-refractivity contribution in [1.29, 1.82) is 0 Å². The van der Waals surface area contributed by atoms with E-state index in [9.17, 15) is 14.0 Å². The van der Waals surface area contributed by atoms with Gasteiger partial charge in [-0.2, -0.15) is 0 Å². The van der Waals surface area contributed by atoms with Gasteiger partial charge in [-0.15, -0.1) is 0 Å². The van der Waals surface area contributed by atoms with Crippen LogP contribution in [0.25, 0.3) is 10.9 Å². The van der Waals surface area contributed by atoms with Gasteiger partial charge in [-0.3, -0.25) is 14.6 Å². The number of amides is 2. The summed E-state index contributed by atoms with van der Waals surface area (Å²) in [6.07, 6.45) is 3.11. The highest BCUT2D eigenvalue weighted by molar-refractivity contribution is 5.97. The molecule has 2 amide bonds. The van der Waals surface area contributed by atoms with Gasteiger partial charge >= 0.3 is 0 Å². The van der Waals surface area contributed by atoms with Crippen molar-refractivity contribution in [3.8, 4) is 0 Å². The van der Waals surface area contributed by atoms with E-state index in [1.54, 1.807) is 18.3 Å². The zero-order valence-corrected chi connectivity index (χ0v) is 18.4. The lowest BCUT2D eigenvalue weighted by atomic mass is 9.68. The molecule has 0 unspecified atom stereocenters. The Balaban J connectivity index is 1.16. The Morgan fingerprint density at radius 2 is 1.91 bits per heavy atom. The Labute approximate surface area is 192 Å². The van der Waals surface area contributed by atoms with Crippen LogP contribution >= 0.6 is 0 Å². The number of aromatic nitrogens is 1. The lowest BCUT2D eigenvalue weighted by Gasteiger charge is -2.41. The van der Waals surface area contributed by atoms with Crippen LogP contribution in [0.4, 0.5) is 4.39 Å². The molecule has 2 N–H and O–H groups in total. The second kappa shape index (κ2) is 8.90. The molecular formula is C26H27FN4O2. The molecule has 0 radical (unpaired) electrons. The van der Waals surface area contributed by atoms with Gasteiger partial charge in [0.25, 0.3) is 5.91 Å². The molecule has 2 aromatic carbocycles. The Bertz CT molecular complexity index is 1170. The molecule has 33 heavy (non-hydrogen) atoms. The topological polar surface area (TPSA) is 74.3 Å². The summed E-state index contributed by atoms with van der Waals surface area (Å²) in [5.41, 5.74) is 2.00. The van der Waals surface area contributed by atoms with Gasteiger partial charge in [-0.25, -0.2) is 4.39 Å². The van der Waals surface area contributed by atoms with Gasteiger partial charge in [-0.1, -0.05) is 30.3 Å². The first-order valence-electron chi connectivity index (χ1n) is 11.4. The van der Waals surface area contributed by atoms with Gasteiger partial charge in [0, 0.05) is 37.1 Å². The van der Waals surface area contributed by atoms with Crippen LogP contribution in [0.3, 0.4) is 0 Å². The van der Waals surface area contributed by atoms with Crippen LogP contribution < -0.4 is 10.6 Å². The first-order chi connectivity index (χ1) is 16.0. The third-order valence-corrected chi connectivity index (χ3v) is 7.17. The van der Waals surface area contributed by atoms with Crippen molar-refractivity contribution < 1.29 is 14.0 Å². The number of nitrogens with one attached hydrogen (secondary N) is 2. The Morgan fingerprint density at radius 3 is 2.70 bits per heavy atom. The Morgan fingerprint density at radius 1 is 1.15 bits per heavy atom. The van der Waals surface area contributed by atoms with Crippen LogP contribution in [0.15, 0.2) is 60.8 Å². The van der Waals surface area contributed by atoms with Gasteiger partial charge in [0.15, 0.2) is 0 Å². The monoisotopic (exact) mass is 446 g/mol. The summed E-state index contributed by atoms with van der Waals surface area (Å²) in [7, 11) is 0. The fraction of sp³-hybridized carbons (Fsp3) is 0.346. The molecule has 2 aliphatic rings. The molecule has 1 atom stereocenters. The summed E-state index contributed by atoms with van der Waals surface area (Å²) in [4.78, 5) is 32.0. The number of para-hydroxylation sites is 1. The first-order valence-corrected chi connectivity index (χ1v) is 11.4. The van der Waals surface area contributed by atoms with Crippen LogP contribution in [-0.2, 0) is 4.79 Å². The van der Waals surface area contributed by atoms with Crippen molar-refractivity contribution in [2.75, 3.05) is 32.7 Å². The summed E-state index contributed by atoms with van der Waals surface area (Å²) in [5, 5.41) is 6.96. The molecule has 170 valence electrons. The highest BCUT2D eigenvalue weighted by Crippen LogP contribution is 2.47. The number of hydrogen-bond donors (Lipinski definition) is 2. The zero-order valence-electron chi connectivity index (χ0n) is 18.4. The molecule has 2 saturated heterocycles. The van der Waals surface area contributed by atoms with Gasteiger partial charge in [0.1, 0.15) is 5.82 Å². The zero-order chi connectivity index (χ0) is 22.8. The summed E-state index contributed by atoms with van der Waals surface area (Å²) in [6, 6.07) is 16.1. The number of pyridine rings is 1. The lowest BCUT2D eigenvalue weighted by molar-refractivity contribution is -0.130. The SMILES string of the molecule is O=C(NCCN1CCC2(CC1)C(=O)NC[C@H]2c1ccc(F)cc1)c1cnc2ccccc2c1. The van der Waals surface area contributed by atoms with Crippen LogP contribution in [0.2, 0.25) is 0 Å². The van der Waals surface area contributed by atoms with Crippen LogP contribution in [-0.4, -0.2) is 54.4 Å². The molecule has 2 fully saturated rings. The number of carbonyl (C=O) groups is 2. The first kappa shape index (κ1) is 21.5. The second-order valence-electron chi connectivity index (χ2n) is 8.98. The third kappa shape index (κ3) is 4.20. The fourth-order valence-corrected chi connectivity index (χ4v) is 5.23. The van der Waals surface area contributed by atoms with E-state index in [4.69, 9.17) is 0 Å². The van der Waals surface area contributed by atoms with Gasteiger partial charge in [-0.05, 0) is 55.8 Å². The number of hydrogen-bond acceptors (Lipinski definition) is 4. The molecular weight excluding hydrogens is 419 g/mol. The van der Waals surface area contributed by atoms with Crippen molar-refractivity contribution in [1.82, 2.24) is 20.5 Å². The fourth-order valence-electron chi connectivity index (χ4n) is 5.23. The van der Waals surface area contributed by atoms with Crippen molar-refractivity contribution in [2.45, 2.75) is 18.8 Å². The number of halogens is 1. The molecule has 0 aliphatic carbocycles. The van der Waals surface area contributed by atoms with Crippen molar-refractivity contribution in [3.63, 3.8) is 0 Å². The van der Waals surface area contributed by atoms with Gasteiger partial charge in [0.05, 0.1) is 16.5 Å². The minimum atomic E-state index is -0.436. The summed E-state index contributed by atoms with van der Waals surface area (Å²) < 4.78 is 13.4. The number of carbonyl (C=O) groups excluding carboxylic acids is 2.